The van der Waals surface area contributed by atoms with Crippen LogP contribution in [0, 0.1) is 0 Å². The van der Waals surface area contributed by atoms with Gasteiger partial charge in [-0.25, -0.2) is 0 Å². The second-order valence-electron chi connectivity index (χ2n) is 2.94. The second-order valence-corrected chi connectivity index (χ2v) is 5.83. The van der Waals surface area contributed by atoms with E-state index in [1.54, 1.807) is 0 Å². The van der Waals surface area contributed by atoms with Gasteiger partial charge in [-0.3, -0.25) is 0 Å². The third-order valence-electron chi connectivity index (χ3n) is 1.77. The summed E-state index contributed by atoms with van der Waals surface area (Å²) in [5, 5.41) is 0. The number of unbranched alkanes of at least 4 members (excludes halogenated alkanes) is 1. The quantitative estimate of drug-likeness (QED) is 0.574. The van der Waals surface area contributed by atoms with Gasteiger partial charge in [0.1, 0.15) is 0 Å². The van der Waals surface area contributed by atoms with E-state index < -0.39 is 0 Å². The van der Waals surface area contributed by atoms with Crippen LogP contribution in [-0.4, -0.2) is 20.9 Å². The summed E-state index contributed by atoms with van der Waals surface area (Å²) in [6.45, 7) is 2.26. The Hall–Kier alpha value is -0.250. The first-order valence-corrected chi connectivity index (χ1v) is 7.76. The van der Waals surface area contributed by atoms with Gasteiger partial charge in [0.2, 0.25) is 0 Å². The molecule has 0 aliphatic carbocycles. The fraction of sp³-hybridized carbons (Fsp3) is 0.333. The predicted octanol–water partition coefficient (Wildman–Crippen LogP) is 3.58. The number of benzene rings is 1. The normalized spacial score (nSPS) is 10.8. The van der Waals surface area contributed by atoms with E-state index in [2.05, 4.69) is 47.5 Å². The molecule has 1 aromatic rings. The molecule has 0 fully saturated rings. The molecule has 0 spiro atoms. The Balaban J connectivity index is 2.25. The van der Waals surface area contributed by atoms with Crippen molar-refractivity contribution in [2.75, 3.05) is 0 Å². The number of hydrogen-bond donors (Lipinski definition) is 0. The van der Waals surface area contributed by atoms with Crippen LogP contribution in [0.4, 0.5) is 0 Å². The Kier molecular flexibility index (Phi) is 5.98. The van der Waals surface area contributed by atoms with E-state index in [9.17, 15) is 0 Å². The van der Waals surface area contributed by atoms with Gasteiger partial charge < -0.3 is 0 Å². The van der Waals surface area contributed by atoms with E-state index in [1.165, 1.54) is 22.9 Å². The minimum absolute atomic E-state index is 0.149. The number of rotatable bonds is 5. The summed E-state index contributed by atoms with van der Waals surface area (Å²) >= 11 is 0.149. The number of hydrogen-bond acceptors (Lipinski definition) is 0. The van der Waals surface area contributed by atoms with Gasteiger partial charge in [0, 0.05) is 0 Å². The summed E-state index contributed by atoms with van der Waals surface area (Å²) in [5.74, 6) is 0. The van der Waals surface area contributed by atoms with E-state index in [0.717, 1.165) is 0 Å². The van der Waals surface area contributed by atoms with E-state index >= 15 is 0 Å². The Morgan fingerprint density at radius 3 is 2.69 bits per heavy atom. The Labute approximate surface area is 91.1 Å². The molecule has 1 rings (SSSR count). The molecule has 0 bridgehead atoms. The molecule has 1 aromatic carbocycles. The zero-order chi connectivity index (χ0) is 9.36. The first kappa shape index (κ1) is 10.8. The summed E-state index contributed by atoms with van der Waals surface area (Å²) in [4.78, 5) is 0. The standard InChI is InChI=1S/C12H16Te/c1-2-3-10-13-11-9-12-7-5-4-6-8-12/h4-9,11H,2-3,10H2,1H3. The van der Waals surface area contributed by atoms with Crippen molar-refractivity contribution in [3.8, 4) is 0 Å². The summed E-state index contributed by atoms with van der Waals surface area (Å²) in [6.07, 6.45) is 5.00. The van der Waals surface area contributed by atoms with Crippen LogP contribution in [0.1, 0.15) is 25.3 Å². The fourth-order valence-electron chi connectivity index (χ4n) is 0.987. The molecule has 70 valence electrons. The average Bonchev–Trinajstić information content (AvgIpc) is 2.19. The van der Waals surface area contributed by atoms with E-state index in [4.69, 9.17) is 0 Å². The Morgan fingerprint density at radius 2 is 2.00 bits per heavy atom. The molecule has 0 aromatic heterocycles. The molecule has 1 heteroatoms. The van der Waals surface area contributed by atoms with Crippen molar-refractivity contribution < 1.29 is 0 Å². The Morgan fingerprint density at radius 1 is 1.23 bits per heavy atom. The Bertz CT molecular complexity index is 239. The molecule has 0 atom stereocenters. The van der Waals surface area contributed by atoms with Gasteiger partial charge in [-0.05, 0) is 0 Å². The van der Waals surface area contributed by atoms with Crippen molar-refractivity contribution in [1.29, 1.82) is 0 Å². The van der Waals surface area contributed by atoms with E-state index in [0.29, 0.717) is 0 Å². The summed E-state index contributed by atoms with van der Waals surface area (Å²) < 4.78 is 3.85. The topological polar surface area (TPSA) is 0 Å². The molecule has 0 N–H and O–H groups in total. The molecule has 0 aliphatic heterocycles. The molecular weight excluding hydrogens is 272 g/mol. The maximum atomic E-state index is 2.40. The van der Waals surface area contributed by atoms with Crippen LogP contribution in [0.3, 0.4) is 0 Å². The van der Waals surface area contributed by atoms with Gasteiger partial charge in [0.15, 0.2) is 0 Å². The monoisotopic (exact) mass is 290 g/mol. The van der Waals surface area contributed by atoms with Crippen molar-refractivity contribution in [3.63, 3.8) is 0 Å². The van der Waals surface area contributed by atoms with Gasteiger partial charge in [-0.2, -0.15) is 0 Å². The summed E-state index contributed by atoms with van der Waals surface area (Å²) in [6, 6.07) is 10.6. The van der Waals surface area contributed by atoms with Gasteiger partial charge in [-0.1, -0.05) is 0 Å². The predicted molar refractivity (Wildman–Crippen MR) is 60.9 cm³/mol. The fourth-order valence-corrected chi connectivity index (χ4v) is 3.40. The molecule has 0 aliphatic rings. The third-order valence-corrected chi connectivity index (χ3v) is 4.21. The van der Waals surface area contributed by atoms with Gasteiger partial charge in [0.05, 0.1) is 0 Å². The zero-order valence-corrected chi connectivity index (χ0v) is 10.4. The van der Waals surface area contributed by atoms with Crippen LogP contribution in [0.25, 0.3) is 6.08 Å². The average molecular weight is 288 g/mol. The van der Waals surface area contributed by atoms with Crippen molar-refractivity contribution in [2.45, 2.75) is 24.2 Å². The molecule has 13 heavy (non-hydrogen) atoms. The first-order valence-electron chi connectivity index (χ1n) is 4.76. The molecule has 0 heterocycles. The van der Waals surface area contributed by atoms with E-state index in [-0.39, 0.29) is 20.9 Å². The molecule has 0 unspecified atom stereocenters. The minimum atomic E-state index is 0.149. The maximum absolute atomic E-state index is 2.40. The van der Waals surface area contributed by atoms with Crippen LogP contribution >= 0.6 is 0 Å². The van der Waals surface area contributed by atoms with Gasteiger partial charge in [0.25, 0.3) is 0 Å². The molecule has 0 radical (unpaired) electrons. The van der Waals surface area contributed by atoms with E-state index in [1.807, 2.05) is 0 Å². The van der Waals surface area contributed by atoms with Crippen molar-refractivity contribution in [1.82, 2.24) is 0 Å². The molecule has 0 saturated carbocycles. The zero-order valence-electron chi connectivity index (χ0n) is 8.07. The van der Waals surface area contributed by atoms with Crippen LogP contribution in [-0.2, 0) is 0 Å². The molecule has 0 saturated heterocycles. The third kappa shape index (κ3) is 5.13. The molecule has 0 amide bonds. The van der Waals surface area contributed by atoms with Crippen LogP contribution in [0.2, 0.25) is 4.47 Å². The first-order chi connectivity index (χ1) is 6.43. The SMILES string of the molecule is CCCC[Te]C=Cc1ccccc1. The summed E-state index contributed by atoms with van der Waals surface area (Å²) in [7, 11) is 0. The van der Waals surface area contributed by atoms with Gasteiger partial charge in [-0.15, -0.1) is 0 Å². The second kappa shape index (κ2) is 7.18. The van der Waals surface area contributed by atoms with Crippen molar-refractivity contribution in [3.05, 3.63) is 40.0 Å². The van der Waals surface area contributed by atoms with Gasteiger partial charge >= 0.3 is 91.3 Å². The summed E-state index contributed by atoms with van der Waals surface area (Å²) in [5.41, 5.74) is 1.34. The van der Waals surface area contributed by atoms with Crippen molar-refractivity contribution >= 4 is 27.0 Å². The van der Waals surface area contributed by atoms with Crippen molar-refractivity contribution in [2.24, 2.45) is 0 Å². The van der Waals surface area contributed by atoms with Crippen LogP contribution in [0.15, 0.2) is 34.5 Å². The molecular formula is C12H16Te. The van der Waals surface area contributed by atoms with Crippen LogP contribution < -0.4 is 0 Å². The molecule has 0 nitrogen and oxygen atoms in total. The van der Waals surface area contributed by atoms with Crippen LogP contribution in [0.5, 0.6) is 0 Å².